The molecule has 0 amide bonds. The molecule has 0 aliphatic carbocycles. The lowest BCUT2D eigenvalue weighted by Crippen LogP contribution is -2.11. The lowest BCUT2D eigenvalue weighted by Gasteiger charge is -2.08. The minimum atomic E-state index is -0.499. The SMILES string of the molecule is NC(c1ccccc1)c1nc(-c2cc(F)ccc2F)cs1. The van der Waals surface area contributed by atoms with E-state index in [1.165, 1.54) is 11.3 Å². The summed E-state index contributed by atoms with van der Waals surface area (Å²) in [5.74, 6) is -0.991. The van der Waals surface area contributed by atoms with E-state index >= 15 is 0 Å². The molecular weight excluding hydrogens is 290 g/mol. The van der Waals surface area contributed by atoms with E-state index < -0.39 is 11.6 Å². The molecule has 5 heteroatoms. The summed E-state index contributed by atoms with van der Waals surface area (Å²) >= 11 is 1.34. The first-order valence-corrected chi connectivity index (χ1v) is 7.24. The van der Waals surface area contributed by atoms with Crippen molar-refractivity contribution in [1.82, 2.24) is 4.98 Å². The smallest absolute Gasteiger partial charge is 0.132 e. The van der Waals surface area contributed by atoms with E-state index in [9.17, 15) is 8.78 Å². The van der Waals surface area contributed by atoms with Crippen LogP contribution in [0.15, 0.2) is 53.9 Å². The zero-order chi connectivity index (χ0) is 14.8. The van der Waals surface area contributed by atoms with Gasteiger partial charge in [0.15, 0.2) is 0 Å². The highest BCUT2D eigenvalue weighted by Gasteiger charge is 2.15. The first-order valence-electron chi connectivity index (χ1n) is 6.36. The standard InChI is InChI=1S/C16H12F2N2S/c17-11-6-7-13(18)12(8-11)14-9-21-16(20-14)15(19)10-4-2-1-3-5-10/h1-9,15H,19H2. The molecule has 2 aromatic carbocycles. The minimum Gasteiger partial charge on any atom is -0.318 e. The fraction of sp³-hybridized carbons (Fsp3) is 0.0625. The molecule has 0 fully saturated rings. The van der Waals surface area contributed by atoms with Crippen molar-refractivity contribution in [2.24, 2.45) is 5.73 Å². The van der Waals surface area contributed by atoms with Gasteiger partial charge >= 0.3 is 0 Å². The number of nitrogens with two attached hydrogens (primary N) is 1. The number of hydrogen-bond donors (Lipinski definition) is 1. The van der Waals surface area contributed by atoms with Gasteiger partial charge in [-0.3, -0.25) is 0 Å². The van der Waals surface area contributed by atoms with Crippen LogP contribution >= 0.6 is 11.3 Å². The summed E-state index contributed by atoms with van der Waals surface area (Å²) in [6.45, 7) is 0. The normalized spacial score (nSPS) is 12.3. The molecule has 1 unspecified atom stereocenters. The first kappa shape index (κ1) is 13.9. The Kier molecular flexibility index (Phi) is 3.77. The van der Waals surface area contributed by atoms with E-state index in [-0.39, 0.29) is 11.6 Å². The van der Waals surface area contributed by atoms with Gasteiger partial charge in [-0.2, -0.15) is 0 Å². The zero-order valence-corrected chi connectivity index (χ0v) is 11.8. The summed E-state index contributed by atoms with van der Waals surface area (Å²) < 4.78 is 27.0. The van der Waals surface area contributed by atoms with Crippen molar-refractivity contribution in [3.8, 4) is 11.3 Å². The van der Waals surface area contributed by atoms with Crippen molar-refractivity contribution in [3.05, 3.63) is 76.1 Å². The van der Waals surface area contributed by atoms with Crippen molar-refractivity contribution in [2.45, 2.75) is 6.04 Å². The van der Waals surface area contributed by atoms with Gasteiger partial charge in [0.05, 0.1) is 11.7 Å². The van der Waals surface area contributed by atoms with E-state index in [4.69, 9.17) is 5.73 Å². The molecule has 0 aliphatic heterocycles. The highest BCUT2D eigenvalue weighted by molar-refractivity contribution is 7.10. The molecule has 2 N–H and O–H groups in total. The number of nitrogens with zero attached hydrogens (tertiary/aromatic N) is 1. The quantitative estimate of drug-likeness (QED) is 0.790. The van der Waals surface area contributed by atoms with E-state index in [0.717, 1.165) is 23.8 Å². The molecule has 3 rings (SSSR count). The second-order valence-electron chi connectivity index (χ2n) is 4.58. The average molecular weight is 302 g/mol. The van der Waals surface area contributed by atoms with E-state index in [1.54, 1.807) is 5.38 Å². The Morgan fingerprint density at radius 1 is 1.05 bits per heavy atom. The molecule has 0 radical (unpaired) electrons. The number of benzene rings is 2. The van der Waals surface area contributed by atoms with Crippen LogP contribution < -0.4 is 5.73 Å². The molecular formula is C16H12F2N2S. The molecule has 0 saturated heterocycles. The van der Waals surface area contributed by atoms with Crippen LogP contribution in [0.4, 0.5) is 8.78 Å². The van der Waals surface area contributed by atoms with Gasteiger partial charge in [0, 0.05) is 10.9 Å². The van der Waals surface area contributed by atoms with Gasteiger partial charge in [-0.05, 0) is 23.8 Å². The predicted molar refractivity (Wildman–Crippen MR) is 79.9 cm³/mol. The van der Waals surface area contributed by atoms with Crippen LogP contribution in [0, 0.1) is 11.6 Å². The number of rotatable bonds is 3. The van der Waals surface area contributed by atoms with Crippen LogP contribution in [0.2, 0.25) is 0 Å². The van der Waals surface area contributed by atoms with E-state index in [1.807, 2.05) is 30.3 Å². The van der Waals surface area contributed by atoms with Crippen molar-refractivity contribution >= 4 is 11.3 Å². The third kappa shape index (κ3) is 2.84. The fourth-order valence-corrected chi connectivity index (χ4v) is 2.90. The zero-order valence-electron chi connectivity index (χ0n) is 11.0. The first-order chi connectivity index (χ1) is 10.1. The fourth-order valence-electron chi connectivity index (χ4n) is 2.05. The molecule has 106 valence electrons. The van der Waals surface area contributed by atoms with Gasteiger partial charge < -0.3 is 5.73 Å². The van der Waals surface area contributed by atoms with Crippen LogP contribution in [-0.4, -0.2) is 4.98 Å². The Morgan fingerprint density at radius 3 is 2.57 bits per heavy atom. The van der Waals surface area contributed by atoms with Gasteiger partial charge in [0.25, 0.3) is 0 Å². The average Bonchev–Trinajstić information content (AvgIpc) is 2.99. The maximum absolute atomic E-state index is 13.8. The summed E-state index contributed by atoms with van der Waals surface area (Å²) in [6, 6.07) is 12.5. The molecule has 21 heavy (non-hydrogen) atoms. The van der Waals surface area contributed by atoms with E-state index in [0.29, 0.717) is 10.7 Å². The molecule has 0 aliphatic rings. The third-order valence-electron chi connectivity index (χ3n) is 3.15. The maximum Gasteiger partial charge on any atom is 0.132 e. The van der Waals surface area contributed by atoms with Crippen molar-refractivity contribution in [1.29, 1.82) is 0 Å². The van der Waals surface area contributed by atoms with Crippen molar-refractivity contribution in [3.63, 3.8) is 0 Å². The summed E-state index contributed by atoms with van der Waals surface area (Å²) in [6.07, 6.45) is 0. The molecule has 0 bridgehead atoms. The summed E-state index contributed by atoms with van der Waals surface area (Å²) in [7, 11) is 0. The molecule has 1 aromatic heterocycles. The second-order valence-corrected chi connectivity index (χ2v) is 5.47. The number of hydrogen-bond acceptors (Lipinski definition) is 3. The Morgan fingerprint density at radius 2 is 1.81 bits per heavy atom. The highest BCUT2D eigenvalue weighted by atomic mass is 32.1. The van der Waals surface area contributed by atoms with Crippen LogP contribution in [-0.2, 0) is 0 Å². The van der Waals surface area contributed by atoms with Crippen LogP contribution in [0.3, 0.4) is 0 Å². The molecule has 0 spiro atoms. The predicted octanol–water partition coefficient (Wildman–Crippen LogP) is 4.14. The van der Waals surface area contributed by atoms with Crippen LogP contribution in [0.5, 0.6) is 0 Å². The number of halogens is 2. The van der Waals surface area contributed by atoms with E-state index in [2.05, 4.69) is 4.98 Å². The molecule has 0 saturated carbocycles. The molecule has 3 aromatic rings. The Bertz CT molecular complexity index is 756. The minimum absolute atomic E-state index is 0.151. The lowest BCUT2D eigenvalue weighted by atomic mass is 10.1. The second kappa shape index (κ2) is 5.71. The summed E-state index contributed by atoms with van der Waals surface area (Å²) in [5, 5.41) is 2.36. The van der Waals surface area contributed by atoms with Gasteiger partial charge in [-0.15, -0.1) is 11.3 Å². The van der Waals surface area contributed by atoms with Gasteiger partial charge in [-0.1, -0.05) is 30.3 Å². The monoisotopic (exact) mass is 302 g/mol. The Hall–Kier alpha value is -2.11. The Labute approximate surface area is 124 Å². The third-order valence-corrected chi connectivity index (χ3v) is 4.08. The van der Waals surface area contributed by atoms with Gasteiger partial charge in [0.1, 0.15) is 16.6 Å². The van der Waals surface area contributed by atoms with Gasteiger partial charge in [-0.25, -0.2) is 13.8 Å². The van der Waals surface area contributed by atoms with Gasteiger partial charge in [0.2, 0.25) is 0 Å². The number of aromatic nitrogens is 1. The highest BCUT2D eigenvalue weighted by Crippen LogP contribution is 2.29. The largest absolute Gasteiger partial charge is 0.318 e. The lowest BCUT2D eigenvalue weighted by molar-refractivity contribution is 0.602. The summed E-state index contributed by atoms with van der Waals surface area (Å²) in [4.78, 5) is 4.35. The molecule has 1 atom stereocenters. The summed E-state index contributed by atoms with van der Waals surface area (Å²) in [5.41, 5.74) is 7.64. The number of thiazole rings is 1. The molecule has 1 heterocycles. The Balaban J connectivity index is 1.95. The topological polar surface area (TPSA) is 38.9 Å². The van der Waals surface area contributed by atoms with Crippen molar-refractivity contribution < 1.29 is 8.78 Å². The maximum atomic E-state index is 13.8. The van der Waals surface area contributed by atoms with Crippen LogP contribution in [0.1, 0.15) is 16.6 Å². The van der Waals surface area contributed by atoms with Crippen LogP contribution in [0.25, 0.3) is 11.3 Å². The van der Waals surface area contributed by atoms with Crippen molar-refractivity contribution in [2.75, 3.05) is 0 Å². The molecule has 2 nitrogen and oxygen atoms in total.